The van der Waals surface area contributed by atoms with Crippen LogP contribution < -0.4 is 10.1 Å². The Morgan fingerprint density at radius 3 is 2.69 bits per heavy atom. The van der Waals surface area contributed by atoms with Crippen molar-refractivity contribution in [1.29, 1.82) is 0 Å². The Bertz CT molecular complexity index is 876. The number of rotatable bonds is 6. The Morgan fingerprint density at radius 2 is 2.08 bits per heavy atom. The van der Waals surface area contributed by atoms with Crippen molar-refractivity contribution in [3.63, 3.8) is 0 Å². The van der Waals surface area contributed by atoms with E-state index in [4.69, 9.17) is 4.74 Å². The monoisotopic (exact) mass is 379 g/mol. The molecule has 140 valence electrons. The average Bonchev–Trinajstić information content (AvgIpc) is 3.19. The van der Waals surface area contributed by atoms with Crippen molar-refractivity contribution in [3.05, 3.63) is 35.7 Å². The zero-order valence-electron chi connectivity index (χ0n) is 14.6. The zero-order chi connectivity index (χ0) is 18.7. The van der Waals surface area contributed by atoms with Crippen LogP contribution in [-0.2, 0) is 16.4 Å². The fraction of sp³-hybridized carbons (Fsp3) is 0.500. The lowest BCUT2D eigenvalue weighted by Gasteiger charge is -2.12. The lowest BCUT2D eigenvalue weighted by atomic mass is 10.2. The van der Waals surface area contributed by atoms with Gasteiger partial charge in [-0.25, -0.2) is 13.1 Å². The van der Waals surface area contributed by atoms with Crippen molar-refractivity contribution in [3.8, 4) is 5.75 Å². The maximum atomic E-state index is 12.2. The van der Waals surface area contributed by atoms with Gasteiger partial charge < -0.3 is 10.1 Å². The molecule has 1 aromatic heterocycles. The third-order valence-electron chi connectivity index (χ3n) is 4.10. The number of ether oxygens (including phenoxy) is 1. The molecule has 1 aromatic carbocycles. The second kappa shape index (κ2) is 7.40. The number of aromatic nitrogens is 4. The summed E-state index contributed by atoms with van der Waals surface area (Å²) < 4.78 is 30.3. The molecule has 1 amide bonds. The summed E-state index contributed by atoms with van der Waals surface area (Å²) in [6, 6.07) is 6.46. The third-order valence-corrected chi connectivity index (χ3v) is 5.87. The van der Waals surface area contributed by atoms with Gasteiger partial charge in [-0.3, -0.25) is 4.79 Å². The van der Waals surface area contributed by atoms with Crippen molar-refractivity contribution >= 4 is 15.7 Å². The van der Waals surface area contributed by atoms with Crippen LogP contribution in [0.1, 0.15) is 42.5 Å². The Kier molecular flexibility index (Phi) is 5.21. The number of sulfone groups is 1. The van der Waals surface area contributed by atoms with Gasteiger partial charge >= 0.3 is 0 Å². The van der Waals surface area contributed by atoms with Gasteiger partial charge in [-0.15, -0.1) is 5.10 Å². The van der Waals surface area contributed by atoms with Gasteiger partial charge in [0.2, 0.25) is 0 Å². The van der Waals surface area contributed by atoms with Gasteiger partial charge in [0.1, 0.15) is 12.4 Å². The SMILES string of the molecule is CC(C)n1nnnc1COc1ccc(C(=O)NC2CCS(=O)(=O)C2)cc1. The van der Waals surface area contributed by atoms with E-state index >= 15 is 0 Å². The van der Waals surface area contributed by atoms with Gasteiger partial charge in [0.25, 0.3) is 5.91 Å². The van der Waals surface area contributed by atoms with Gasteiger partial charge in [-0.05, 0) is 55.0 Å². The first-order valence-electron chi connectivity index (χ1n) is 8.35. The molecule has 10 heteroatoms. The number of nitrogens with zero attached hydrogens (tertiary/aromatic N) is 4. The third kappa shape index (κ3) is 4.37. The predicted octanol–water partition coefficient (Wildman–Crippen LogP) is 0.750. The van der Waals surface area contributed by atoms with E-state index in [0.717, 1.165) is 0 Å². The molecule has 0 radical (unpaired) electrons. The van der Waals surface area contributed by atoms with Crippen molar-refractivity contribution < 1.29 is 17.9 Å². The fourth-order valence-electron chi connectivity index (χ4n) is 2.74. The highest BCUT2D eigenvalue weighted by atomic mass is 32.2. The Labute approximate surface area is 151 Å². The van der Waals surface area contributed by atoms with E-state index in [1.165, 1.54) is 0 Å². The Morgan fingerprint density at radius 1 is 1.35 bits per heavy atom. The summed E-state index contributed by atoms with van der Waals surface area (Å²) in [5.74, 6) is 1.04. The lowest BCUT2D eigenvalue weighted by molar-refractivity contribution is 0.0941. The molecule has 0 aliphatic carbocycles. The molecule has 9 nitrogen and oxygen atoms in total. The highest BCUT2D eigenvalue weighted by molar-refractivity contribution is 7.91. The van der Waals surface area contributed by atoms with E-state index in [9.17, 15) is 13.2 Å². The number of carbonyl (C=O) groups is 1. The minimum atomic E-state index is -3.02. The van der Waals surface area contributed by atoms with E-state index in [1.54, 1.807) is 28.9 Å². The number of carbonyl (C=O) groups excluding carboxylic acids is 1. The molecule has 3 rings (SSSR count). The van der Waals surface area contributed by atoms with Crippen LogP contribution in [0.3, 0.4) is 0 Å². The van der Waals surface area contributed by atoms with Gasteiger partial charge in [0.15, 0.2) is 15.7 Å². The van der Waals surface area contributed by atoms with Crippen LogP contribution in [0.5, 0.6) is 5.75 Å². The number of benzene rings is 1. The van der Waals surface area contributed by atoms with Crippen LogP contribution in [0.2, 0.25) is 0 Å². The normalized spacial score (nSPS) is 18.8. The molecule has 1 saturated heterocycles. The molecule has 1 unspecified atom stereocenters. The molecule has 2 aromatic rings. The first kappa shape index (κ1) is 18.3. The smallest absolute Gasteiger partial charge is 0.251 e. The molecule has 2 heterocycles. The van der Waals surface area contributed by atoms with Crippen molar-refractivity contribution in [2.45, 2.75) is 39.0 Å². The molecule has 26 heavy (non-hydrogen) atoms. The minimum absolute atomic E-state index is 0.00447. The summed E-state index contributed by atoms with van der Waals surface area (Å²) in [5.41, 5.74) is 0.452. The van der Waals surface area contributed by atoms with E-state index in [2.05, 4.69) is 20.8 Å². The van der Waals surface area contributed by atoms with Crippen LogP contribution in [-0.4, -0.2) is 52.1 Å². The van der Waals surface area contributed by atoms with E-state index in [1.807, 2.05) is 13.8 Å². The van der Waals surface area contributed by atoms with Gasteiger partial charge in [0, 0.05) is 11.6 Å². The predicted molar refractivity (Wildman–Crippen MR) is 93.5 cm³/mol. The summed E-state index contributed by atoms with van der Waals surface area (Å²) in [7, 11) is -3.02. The van der Waals surface area contributed by atoms with Crippen molar-refractivity contribution in [1.82, 2.24) is 25.5 Å². The second-order valence-electron chi connectivity index (χ2n) is 6.52. The highest BCUT2D eigenvalue weighted by Crippen LogP contribution is 2.16. The Hall–Kier alpha value is -2.49. The van der Waals surface area contributed by atoms with Crippen LogP contribution in [0.25, 0.3) is 0 Å². The zero-order valence-corrected chi connectivity index (χ0v) is 15.4. The van der Waals surface area contributed by atoms with Crippen LogP contribution >= 0.6 is 0 Å². The molecular formula is C16H21N5O4S. The van der Waals surface area contributed by atoms with Crippen molar-refractivity contribution in [2.24, 2.45) is 0 Å². The fourth-order valence-corrected chi connectivity index (χ4v) is 4.41. The molecule has 0 spiro atoms. The number of amides is 1. The number of nitrogens with one attached hydrogen (secondary N) is 1. The van der Waals surface area contributed by atoms with E-state index in [-0.39, 0.29) is 36.1 Å². The topological polar surface area (TPSA) is 116 Å². The lowest BCUT2D eigenvalue weighted by Crippen LogP contribution is -2.35. The van der Waals surface area contributed by atoms with Gasteiger partial charge in [-0.2, -0.15) is 0 Å². The highest BCUT2D eigenvalue weighted by Gasteiger charge is 2.29. The Balaban J connectivity index is 1.56. The van der Waals surface area contributed by atoms with Crippen LogP contribution in [0.15, 0.2) is 24.3 Å². The number of tetrazole rings is 1. The number of hydrogen-bond acceptors (Lipinski definition) is 7. The summed E-state index contributed by atoms with van der Waals surface area (Å²) in [4.78, 5) is 12.2. The molecule has 0 saturated carbocycles. The molecule has 1 fully saturated rings. The van der Waals surface area contributed by atoms with Crippen LogP contribution in [0, 0.1) is 0 Å². The minimum Gasteiger partial charge on any atom is -0.486 e. The summed E-state index contributed by atoms with van der Waals surface area (Å²) in [6.07, 6.45) is 0.458. The van der Waals surface area contributed by atoms with Crippen LogP contribution in [0.4, 0.5) is 0 Å². The van der Waals surface area contributed by atoms with Gasteiger partial charge in [0.05, 0.1) is 17.5 Å². The van der Waals surface area contributed by atoms with Crippen molar-refractivity contribution in [2.75, 3.05) is 11.5 Å². The van der Waals surface area contributed by atoms with E-state index < -0.39 is 9.84 Å². The summed E-state index contributed by atoms with van der Waals surface area (Å²) in [5, 5.41) is 14.2. The summed E-state index contributed by atoms with van der Waals surface area (Å²) in [6.45, 7) is 4.17. The first-order chi connectivity index (χ1) is 12.3. The first-order valence-corrected chi connectivity index (χ1v) is 10.2. The molecule has 0 bridgehead atoms. The molecule has 1 N–H and O–H groups in total. The molecule has 1 aliphatic rings. The quantitative estimate of drug-likeness (QED) is 0.787. The largest absolute Gasteiger partial charge is 0.486 e. The van der Waals surface area contributed by atoms with Gasteiger partial charge in [-0.1, -0.05) is 0 Å². The maximum Gasteiger partial charge on any atom is 0.251 e. The molecule has 1 atom stereocenters. The summed E-state index contributed by atoms with van der Waals surface area (Å²) >= 11 is 0. The number of hydrogen-bond donors (Lipinski definition) is 1. The molecular weight excluding hydrogens is 358 g/mol. The maximum absolute atomic E-state index is 12.2. The standard InChI is InChI=1S/C16H21N5O4S/c1-11(2)21-15(18-19-20-21)9-25-14-5-3-12(4-6-14)16(22)17-13-7-8-26(23,24)10-13/h3-6,11,13H,7-10H2,1-2H3,(H,17,22). The average molecular weight is 379 g/mol. The second-order valence-corrected chi connectivity index (χ2v) is 8.75. The molecule has 1 aliphatic heterocycles. The van der Waals surface area contributed by atoms with E-state index in [0.29, 0.717) is 23.6 Å².